The highest BCUT2D eigenvalue weighted by molar-refractivity contribution is 5.90. The van der Waals surface area contributed by atoms with Gasteiger partial charge in [0.25, 0.3) is 0 Å². The zero-order valence-electron chi connectivity index (χ0n) is 20.1. The van der Waals surface area contributed by atoms with E-state index in [9.17, 15) is 19.2 Å². The molecule has 1 aromatic carbocycles. The number of hydrogen-bond donors (Lipinski definition) is 4. The minimum atomic E-state index is -1.26. The van der Waals surface area contributed by atoms with Crippen LogP contribution in [0.4, 0.5) is 0 Å². The lowest BCUT2D eigenvalue weighted by atomic mass is 9.91. The molecule has 1 saturated heterocycles. The van der Waals surface area contributed by atoms with Crippen LogP contribution in [0.25, 0.3) is 11.0 Å². The number of likely N-dealkylation sites (tertiary alicyclic amines) is 1. The standard InChI is InChI=1S/C16H23N3O.2C4H4O4/c1-18(2)11-12-19-9-7-13(8-10-19)16-14-5-3-4-6-15(14)20-17-16;2*5-3(6)1-2-4(7)8/h3-6,13H,7-12H2,1-2H3;2*1-2H,(H,5,6)(H,7,8). The fourth-order valence-corrected chi connectivity index (χ4v) is 3.26. The first-order chi connectivity index (χ1) is 17.0. The van der Waals surface area contributed by atoms with Crippen molar-refractivity contribution < 1.29 is 44.1 Å². The number of para-hydroxylation sites is 1. The maximum Gasteiger partial charge on any atom is 0.328 e. The molecule has 0 spiro atoms. The molecule has 12 heteroatoms. The molecule has 0 bridgehead atoms. The highest BCUT2D eigenvalue weighted by Crippen LogP contribution is 2.32. The van der Waals surface area contributed by atoms with Crippen LogP contribution in [-0.2, 0) is 19.2 Å². The number of fused-ring (bicyclic) bond motifs is 1. The molecule has 196 valence electrons. The van der Waals surface area contributed by atoms with Crippen LogP contribution in [0.5, 0.6) is 0 Å². The van der Waals surface area contributed by atoms with Crippen molar-refractivity contribution in [3.05, 3.63) is 54.3 Å². The SMILES string of the molecule is CN(C)CCN1CCC(c2noc3ccccc23)CC1.O=C(O)C=CC(=O)O.O=C(O)C=CC(=O)O. The number of aromatic nitrogens is 1. The first-order valence-electron chi connectivity index (χ1n) is 11.0. The predicted octanol–water partition coefficient (Wildman–Crippen LogP) is 1.99. The summed E-state index contributed by atoms with van der Waals surface area (Å²) in [4.78, 5) is 43.0. The third kappa shape index (κ3) is 12.4. The van der Waals surface area contributed by atoms with Crippen LogP contribution < -0.4 is 0 Å². The molecule has 4 N–H and O–H groups in total. The normalized spacial score (nSPS) is 14.3. The third-order valence-corrected chi connectivity index (χ3v) is 4.98. The number of piperidine rings is 1. The number of likely N-dealkylation sites (N-methyl/N-ethyl adjacent to an activating group) is 1. The fraction of sp³-hybridized carbons (Fsp3) is 0.375. The average molecular weight is 506 g/mol. The maximum absolute atomic E-state index is 9.55. The molecule has 0 saturated carbocycles. The van der Waals surface area contributed by atoms with Gasteiger partial charge in [-0.2, -0.15) is 0 Å². The van der Waals surface area contributed by atoms with Crippen molar-refractivity contribution in [1.29, 1.82) is 0 Å². The summed E-state index contributed by atoms with van der Waals surface area (Å²) in [6.45, 7) is 4.64. The van der Waals surface area contributed by atoms with Gasteiger partial charge in [-0.3, -0.25) is 0 Å². The van der Waals surface area contributed by atoms with Gasteiger partial charge in [0.05, 0.1) is 5.69 Å². The van der Waals surface area contributed by atoms with Crippen molar-refractivity contribution in [3.63, 3.8) is 0 Å². The molecular formula is C24H31N3O9. The van der Waals surface area contributed by atoms with Gasteiger partial charge in [0, 0.05) is 48.7 Å². The molecule has 2 heterocycles. The first-order valence-corrected chi connectivity index (χ1v) is 11.0. The van der Waals surface area contributed by atoms with Gasteiger partial charge in [-0.05, 0) is 52.2 Å². The first kappa shape index (κ1) is 30.0. The Balaban J connectivity index is 0.000000337. The lowest BCUT2D eigenvalue weighted by Gasteiger charge is -2.31. The van der Waals surface area contributed by atoms with E-state index < -0.39 is 23.9 Å². The van der Waals surface area contributed by atoms with Crippen molar-refractivity contribution in [2.45, 2.75) is 18.8 Å². The Hall–Kier alpha value is -4.03. The zero-order valence-corrected chi connectivity index (χ0v) is 20.1. The van der Waals surface area contributed by atoms with Crippen molar-refractivity contribution in [2.75, 3.05) is 40.3 Å². The number of nitrogens with zero attached hydrogens (tertiary/aromatic N) is 3. The Bertz CT molecular complexity index is 1000. The van der Waals surface area contributed by atoms with Gasteiger partial charge in [-0.1, -0.05) is 17.3 Å². The zero-order chi connectivity index (χ0) is 27.1. The summed E-state index contributed by atoms with van der Waals surface area (Å²) < 4.78 is 5.44. The molecule has 1 aliphatic heterocycles. The molecular weight excluding hydrogens is 474 g/mol. The van der Waals surface area contributed by atoms with Crippen LogP contribution >= 0.6 is 0 Å². The number of carboxylic acids is 4. The number of carboxylic acid groups (broad SMARTS) is 4. The number of hydrogen-bond acceptors (Lipinski definition) is 8. The average Bonchev–Trinajstić information content (AvgIpc) is 3.25. The van der Waals surface area contributed by atoms with Gasteiger partial charge in [0.1, 0.15) is 0 Å². The highest BCUT2D eigenvalue weighted by atomic mass is 16.5. The van der Waals surface area contributed by atoms with E-state index in [1.165, 1.54) is 37.9 Å². The van der Waals surface area contributed by atoms with Gasteiger partial charge in [-0.15, -0.1) is 0 Å². The molecule has 3 rings (SSSR count). The maximum atomic E-state index is 9.55. The van der Waals surface area contributed by atoms with Crippen LogP contribution in [0, 0.1) is 0 Å². The molecule has 1 aromatic heterocycles. The van der Waals surface area contributed by atoms with E-state index in [4.69, 9.17) is 24.9 Å². The molecule has 0 aliphatic carbocycles. The molecule has 36 heavy (non-hydrogen) atoms. The van der Waals surface area contributed by atoms with Crippen LogP contribution in [0.15, 0.2) is 53.1 Å². The van der Waals surface area contributed by atoms with Crippen LogP contribution in [-0.4, -0.2) is 99.5 Å². The summed E-state index contributed by atoms with van der Waals surface area (Å²) in [7, 11) is 4.27. The molecule has 1 aliphatic rings. The van der Waals surface area contributed by atoms with Crippen molar-refractivity contribution in [2.24, 2.45) is 0 Å². The van der Waals surface area contributed by atoms with E-state index in [0.717, 1.165) is 17.8 Å². The Morgan fingerprint density at radius 3 is 1.83 bits per heavy atom. The number of rotatable bonds is 8. The summed E-state index contributed by atoms with van der Waals surface area (Å²) in [5, 5.41) is 36.8. The van der Waals surface area contributed by atoms with Gasteiger partial charge in [0.2, 0.25) is 0 Å². The Morgan fingerprint density at radius 2 is 1.39 bits per heavy atom. The minimum absolute atomic E-state index is 0.550. The molecule has 2 aromatic rings. The summed E-state index contributed by atoms with van der Waals surface area (Å²) in [6, 6.07) is 8.19. The minimum Gasteiger partial charge on any atom is -0.478 e. The second kappa shape index (κ2) is 15.8. The Morgan fingerprint density at radius 1 is 0.917 bits per heavy atom. The molecule has 12 nitrogen and oxygen atoms in total. The van der Waals surface area contributed by atoms with Gasteiger partial charge >= 0.3 is 23.9 Å². The van der Waals surface area contributed by atoms with E-state index in [2.05, 4.69) is 41.2 Å². The Labute approximate surface area is 207 Å². The van der Waals surface area contributed by atoms with E-state index >= 15 is 0 Å². The number of carbonyl (C=O) groups is 4. The van der Waals surface area contributed by atoms with Gasteiger partial charge in [0.15, 0.2) is 5.58 Å². The monoisotopic (exact) mass is 505 g/mol. The van der Waals surface area contributed by atoms with Crippen LogP contribution in [0.1, 0.15) is 24.5 Å². The summed E-state index contributed by atoms with van der Waals surface area (Å²) in [6.07, 6.45) is 4.60. The van der Waals surface area contributed by atoms with Crippen molar-refractivity contribution in [3.8, 4) is 0 Å². The molecule has 0 unspecified atom stereocenters. The summed E-state index contributed by atoms with van der Waals surface area (Å²) in [5.41, 5.74) is 2.07. The lowest BCUT2D eigenvalue weighted by Crippen LogP contribution is -2.37. The van der Waals surface area contributed by atoms with Crippen molar-refractivity contribution >= 4 is 34.8 Å². The van der Waals surface area contributed by atoms with Crippen molar-refractivity contribution in [1.82, 2.24) is 15.0 Å². The Kier molecular flexibility index (Phi) is 13.2. The van der Waals surface area contributed by atoms with Gasteiger partial charge in [-0.25, -0.2) is 19.2 Å². The molecule has 1 fully saturated rings. The topological polar surface area (TPSA) is 182 Å². The molecule has 0 amide bonds. The third-order valence-electron chi connectivity index (χ3n) is 4.98. The van der Waals surface area contributed by atoms with Crippen LogP contribution in [0.3, 0.4) is 0 Å². The second-order valence-electron chi connectivity index (χ2n) is 8.00. The fourth-order valence-electron chi connectivity index (χ4n) is 3.26. The summed E-state index contributed by atoms with van der Waals surface area (Å²) >= 11 is 0. The van der Waals surface area contributed by atoms with Gasteiger partial charge < -0.3 is 34.7 Å². The smallest absolute Gasteiger partial charge is 0.328 e. The van der Waals surface area contributed by atoms with E-state index in [0.29, 0.717) is 30.2 Å². The van der Waals surface area contributed by atoms with E-state index in [1.54, 1.807) is 0 Å². The molecule has 0 radical (unpaired) electrons. The highest BCUT2D eigenvalue weighted by Gasteiger charge is 2.24. The second-order valence-corrected chi connectivity index (χ2v) is 8.00. The van der Waals surface area contributed by atoms with E-state index in [-0.39, 0.29) is 0 Å². The largest absolute Gasteiger partial charge is 0.478 e. The number of aliphatic carboxylic acids is 4. The lowest BCUT2D eigenvalue weighted by molar-refractivity contribution is -0.134. The number of benzene rings is 1. The van der Waals surface area contributed by atoms with Crippen LogP contribution in [0.2, 0.25) is 0 Å². The molecule has 0 atom stereocenters. The van der Waals surface area contributed by atoms with E-state index in [1.807, 2.05) is 12.1 Å². The predicted molar refractivity (Wildman–Crippen MR) is 130 cm³/mol. The summed E-state index contributed by atoms with van der Waals surface area (Å²) in [5.74, 6) is -4.48. The quantitative estimate of drug-likeness (QED) is 0.383.